The van der Waals surface area contributed by atoms with Gasteiger partial charge in [-0.15, -0.1) is 10.2 Å². The number of aromatic hydroxyl groups is 2. The molecule has 0 fully saturated rings. The van der Waals surface area contributed by atoms with Crippen molar-refractivity contribution in [2.75, 3.05) is 0 Å². The lowest BCUT2D eigenvalue weighted by atomic mass is 10.1. The number of phenolic OH excluding ortho intramolecular Hbond substituents is 2. The Balaban J connectivity index is 2.18. The number of phenols is 2. The summed E-state index contributed by atoms with van der Waals surface area (Å²) in [5.41, 5.74) is -0.187. The van der Waals surface area contributed by atoms with Crippen LogP contribution >= 0.6 is 0 Å². The quantitative estimate of drug-likeness (QED) is 0.611. The van der Waals surface area contributed by atoms with Crippen LogP contribution in [0.1, 0.15) is 29.1 Å². The number of rotatable bonds is 3. The molecule has 94 valence electrons. The van der Waals surface area contributed by atoms with Crippen LogP contribution in [0, 0.1) is 0 Å². The average molecular weight is 249 g/mol. The first kappa shape index (κ1) is 11.8. The largest absolute Gasteiger partial charge is 0.507 e. The molecule has 0 radical (unpaired) electrons. The molecule has 4 N–H and O–H groups in total. The molecule has 1 amide bonds. The molecule has 1 aromatic carbocycles. The van der Waals surface area contributed by atoms with Crippen molar-refractivity contribution in [2.24, 2.45) is 0 Å². The lowest BCUT2D eigenvalue weighted by Crippen LogP contribution is -2.27. The summed E-state index contributed by atoms with van der Waals surface area (Å²) < 4.78 is 0. The molecule has 0 spiro atoms. The van der Waals surface area contributed by atoms with Crippen LogP contribution in [0.5, 0.6) is 11.5 Å². The highest BCUT2D eigenvalue weighted by Gasteiger charge is 2.20. The van der Waals surface area contributed by atoms with Gasteiger partial charge in [0.25, 0.3) is 5.91 Å². The van der Waals surface area contributed by atoms with Crippen LogP contribution in [0.2, 0.25) is 0 Å². The molecule has 2 aromatic rings. The van der Waals surface area contributed by atoms with Crippen molar-refractivity contribution in [1.29, 1.82) is 0 Å². The van der Waals surface area contributed by atoms with E-state index in [2.05, 4.69) is 25.9 Å². The number of amides is 1. The van der Waals surface area contributed by atoms with Crippen molar-refractivity contribution < 1.29 is 15.0 Å². The molecule has 0 aliphatic rings. The Morgan fingerprint density at radius 3 is 2.61 bits per heavy atom. The third-order valence-electron chi connectivity index (χ3n) is 2.34. The Hall–Kier alpha value is -2.64. The van der Waals surface area contributed by atoms with Crippen LogP contribution in [-0.4, -0.2) is 36.7 Å². The van der Waals surface area contributed by atoms with Crippen molar-refractivity contribution in [2.45, 2.75) is 13.0 Å². The molecule has 1 aromatic heterocycles. The van der Waals surface area contributed by atoms with Gasteiger partial charge in [0.15, 0.2) is 5.82 Å². The van der Waals surface area contributed by atoms with Crippen molar-refractivity contribution in [3.8, 4) is 11.5 Å². The molecule has 0 aliphatic carbocycles. The SMILES string of the molecule is CC(NC(=O)c1c(O)cccc1O)c1nn[nH]n1. The Kier molecular flexibility index (Phi) is 3.09. The van der Waals surface area contributed by atoms with Crippen LogP contribution in [0.25, 0.3) is 0 Å². The van der Waals surface area contributed by atoms with Gasteiger partial charge in [0.2, 0.25) is 0 Å². The summed E-state index contributed by atoms with van der Waals surface area (Å²) in [6.45, 7) is 1.65. The molecular formula is C10H11N5O3. The van der Waals surface area contributed by atoms with Crippen LogP contribution in [0.15, 0.2) is 18.2 Å². The second-order valence-electron chi connectivity index (χ2n) is 3.64. The number of H-pyrrole nitrogens is 1. The maximum Gasteiger partial charge on any atom is 0.259 e. The lowest BCUT2D eigenvalue weighted by molar-refractivity contribution is 0.0933. The topological polar surface area (TPSA) is 124 Å². The smallest absolute Gasteiger partial charge is 0.259 e. The minimum absolute atomic E-state index is 0.187. The second-order valence-corrected chi connectivity index (χ2v) is 3.64. The van der Waals surface area contributed by atoms with E-state index in [9.17, 15) is 15.0 Å². The van der Waals surface area contributed by atoms with E-state index in [1.807, 2.05) is 0 Å². The molecule has 1 heterocycles. The van der Waals surface area contributed by atoms with Gasteiger partial charge in [0, 0.05) is 0 Å². The van der Waals surface area contributed by atoms with Crippen LogP contribution < -0.4 is 5.32 Å². The maximum atomic E-state index is 11.9. The monoisotopic (exact) mass is 249 g/mol. The first-order chi connectivity index (χ1) is 8.59. The van der Waals surface area contributed by atoms with Gasteiger partial charge in [0.1, 0.15) is 17.1 Å². The Morgan fingerprint density at radius 2 is 2.06 bits per heavy atom. The van der Waals surface area contributed by atoms with Gasteiger partial charge in [-0.2, -0.15) is 5.21 Å². The molecular weight excluding hydrogens is 238 g/mol. The van der Waals surface area contributed by atoms with E-state index < -0.39 is 11.9 Å². The number of aromatic nitrogens is 4. The number of carbonyl (C=O) groups excluding carboxylic acids is 1. The minimum Gasteiger partial charge on any atom is -0.507 e. The molecule has 8 nitrogen and oxygen atoms in total. The van der Waals surface area contributed by atoms with E-state index in [1.165, 1.54) is 18.2 Å². The number of aromatic amines is 1. The predicted molar refractivity (Wildman–Crippen MR) is 59.8 cm³/mol. The fraction of sp³-hybridized carbons (Fsp3) is 0.200. The number of benzene rings is 1. The zero-order valence-electron chi connectivity index (χ0n) is 9.45. The Labute approximate surface area is 102 Å². The summed E-state index contributed by atoms with van der Waals surface area (Å²) in [6.07, 6.45) is 0. The van der Waals surface area contributed by atoms with Gasteiger partial charge < -0.3 is 15.5 Å². The zero-order chi connectivity index (χ0) is 13.1. The summed E-state index contributed by atoms with van der Waals surface area (Å²) in [6, 6.07) is 3.56. The van der Waals surface area contributed by atoms with Crippen molar-refractivity contribution in [1.82, 2.24) is 25.9 Å². The molecule has 8 heteroatoms. The maximum absolute atomic E-state index is 11.9. The molecule has 0 aliphatic heterocycles. The number of tetrazole rings is 1. The highest BCUT2D eigenvalue weighted by atomic mass is 16.3. The summed E-state index contributed by atoms with van der Waals surface area (Å²) in [4.78, 5) is 11.9. The number of hydrogen-bond donors (Lipinski definition) is 4. The standard InChI is InChI=1S/C10H11N5O3/c1-5(9-12-14-15-13-9)11-10(18)8-6(16)3-2-4-7(8)17/h2-5,16-17H,1H3,(H,11,18)(H,12,13,14,15). The van der Waals surface area contributed by atoms with Gasteiger partial charge in [-0.25, -0.2) is 0 Å². The van der Waals surface area contributed by atoms with E-state index >= 15 is 0 Å². The predicted octanol–water partition coefficient (Wildman–Crippen LogP) is 0.102. The molecule has 0 saturated heterocycles. The summed E-state index contributed by atoms with van der Waals surface area (Å²) in [7, 11) is 0. The van der Waals surface area contributed by atoms with Crippen molar-refractivity contribution in [3.05, 3.63) is 29.6 Å². The van der Waals surface area contributed by atoms with E-state index in [4.69, 9.17) is 0 Å². The Morgan fingerprint density at radius 1 is 1.39 bits per heavy atom. The van der Waals surface area contributed by atoms with Gasteiger partial charge >= 0.3 is 0 Å². The second kappa shape index (κ2) is 4.70. The first-order valence-corrected chi connectivity index (χ1v) is 5.14. The number of carbonyl (C=O) groups is 1. The number of hydrogen-bond acceptors (Lipinski definition) is 6. The van der Waals surface area contributed by atoms with E-state index in [0.29, 0.717) is 5.82 Å². The highest BCUT2D eigenvalue weighted by Crippen LogP contribution is 2.26. The van der Waals surface area contributed by atoms with Gasteiger partial charge in [-0.05, 0) is 19.1 Å². The van der Waals surface area contributed by atoms with Crippen LogP contribution in [0.3, 0.4) is 0 Å². The van der Waals surface area contributed by atoms with Crippen molar-refractivity contribution in [3.63, 3.8) is 0 Å². The van der Waals surface area contributed by atoms with E-state index in [-0.39, 0.29) is 17.1 Å². The third-order valence-corrected chi connectivity index (χ3v) is 2.34. The van der Waals surface area contributed by atoms with Crippen LogP contribution in [-0.2, 0) is 0 Å². The Bertz CT molecular complexity index is 534. The summed E-state index contributed by atoms with van der Waals surface area (Å²) in [5, 5.41) is 34.7. The molecule has 1 atom stereocenters. The van der Waals surface area contributed by atoms with Gasteiger partial charge in [0.05, 0.1) is 6.04 Å². The minimum atomic E-state index is -0.622. The molecule has 2 rings (SSSR count). The molecule has 18 heavy (non-hydrogen) atoms. The van der Waals surface area contributed by atoms with Crippen molar-refractivity contribution >= 4 is 5.91 Å². The average Bonchev–Trinajstić information content (AvgIpc) is 2.81. The molecule has 0 bridgehead atoms. The number of nitrogens with zero attached hydrogens (tertiary/aromatic N) is 3. The highest BCUT2D eigenvalue weighted by molar-refractivity contribution is 5.99. The lowest BCUT2D eigenvalue weighted by Gasteiger charge is -2.11. The summed E-state index contributed by atoms with van der Waals surface area (Å²) >= 11 is 0. The zero-order valence-corrected chi connectivity index (χ0v) is 9.45. The first-order valence-electron chi connectivity index (χ1n) is 5.14. The fourth-order valence-corrected chi connectivity index (χ4v) is 1.45. The van der Waals surface area contributed by atoms with E-state index in [0.717, 1.165) is 0 Å². The van der Waals surface area contributed by atoms with Gasteiger partial charge in [-0.1, -0.05) is 11.3 Å². The number of nitrogens with one attached hydrogen (secondary N) is 2. The molecule has 0 saturated carbocycles. The van der Waals surface area contributed by atoms with Crippen LogP contribution in [0.4, 0.5) is 0 Å². The molecule has 1 unspecified atom stereocenters. The third kappa shape index (κ3) is 2.21. The van der Waals surface area contributed by atoms with Gasteiger partial charge in [-0.3, -0.25) is 4.79 Å². The summed E-state index contributed by atoms with van der Waals surface area (Å²) in [5.74, 6) is -0.915. The normalized spacial score (nSPS) is 12.1. The fourth-order valence-electron chi connectivity index (χ4n) is 1.45. The van der Waals surface area contributed by atoms with E-state index in [1.54, 1.807) is 6.92 Å².